The number of likely N-dealkylation sites (tertiary alicyclic amines) is 1. The largest absolute Gasteiger partial charge is 0.496 e. The molecule has 35 heavy (non-hydrogen) atoms. The van der Waals surface area contributed by atoms with E-state index in [4.69, 9.17) is 4.74 Å². The maximum Gasteiger partial charge on any atom is 0.272 e. The Kier molecular flexibility index (Phi) is 5.67. The van der Waals surface area contributed by atoms with Crippen LogP contribution >= 0.6 is 0 Å². The first kappa shape index (κ1) is 22.8. The van der Waals surface area contributed by atoms with Crippen LogP contribution in [0, 0.1) is 18.2 Å². The van der Waals surface area contributed by atoms with Gasteiger partial charge < -0.3 is 9.64 Å². The molecule has 7 nitrogen and oxygen atoms in total. The third-order valence-electron chi connectivity index (χ3n) is 6.85. The molecule has 3 aromatic rings. The molecule has 2 aromatic heterocycles. The lowest BCUT2D eigenvalue weighted by Gasteiger charge is -2.52. The van der Waals surface area contributed by atoms with Crippen LogP contribution in [0.15, 0.2) is 54.9 Å². The number of aromatic nitrogens is 2. The van der Waals surface area contributed by atoms with Crippen LogP contribution in [-0.4, -0.2) is 52.5 Å². The Morgan fingerprint density at radius 1 is 1.09 bits per heavy atom. The van der Waals surface area contributed by atoms with Crippen molar-refractivity contribution in [3.05, 3.63) is 77.5 Å². The van der Waals surface area contributed by atoms with Gasteiger partial charge in [-0.15, -0.1) is 0 Å². The van der Waals surface area contributed by atoms with Crippen LogP contribution in [0.2, 0.25) is 0 Å². The number of methoxy groups -OCH3 is 1. The first-order chi connectivity index (χ1) is 16.8. The summed E-state index contributed by atoms with van der Waals surface area (Å²) in [4.78, 5) is 49.2. The molecule has 8 heteroatoms. The molecule has 1 aliphatic heterocycles. The Morgan fingerprint density at radius 2 is 1.83 bits per heavy atom. The first-order valence-corrected chi connectivity index (χ1v) is 11.4. The van der Waals surface area contributed by atoms with E-state index in [1.165, 1.54) is 13.2 Å². The number of hydrogen-bond donors (Lipinski definition) is 0. The minimum atomic E-state index is -0.911. The number of pyridine rings is 2. The molecule has 0 N–H and O–H groups in total. The Labute approximate surface area is 202 Å². The molecule has 1 saturated carbocycles. The smallest absolute Gasteiger partial charge is 0.272 e. The second-order valence-electron chi connectivity index (χ2n) is 9.37. The van der Waals surface area contributed by atoms with Crippen molar-refractivity contribution in [3.8, 4) is 17.0 Å². The number of aryl methyl sites for hydroxylation is 1. The van der Waals surface area contributed by atoms with Crippen LogP contribution in [0.1, 0.15) is 40.4 Å². The monoisotopic (exact) mass is 473 g/mol. The quantitative estimate of drug-likeness (QED) is 0.536. The highest BCUT2D eigenvalue weighted by molar-refractivity contribution is 6.11. The molecule has 5 rings (SSSR count). The van der Waals surface area contributed by atoms with Crippen LogP contribution < -0.4 is 4.74 Å². The van der Waals surface area contributed by atoms with E-state index in [-0.39, 0.29) is 30.3 Å². The molecule has 1 aliphatic carbocycles. The Morgan fingerprint density at radius 3 is 2.43 bits per heavy atom. The van der Waals surface area contributed by atoms with E-state index in [0.717, 1.165) is 11.8 Å². The fourth-order valence-corrected chi connectivity index (χ4v) is 5.29. The second-order valence-corrected chi connectivity index (χ2v) is 9.37. The zero-order chi connectivity index (χ0) is 24.7. The van der Waals surface area contributed by atoms with Crippen LogP contribution in [0.5, 0.6) is 5.75 Å². The maximum absolute atomic E-state index is 13.3. The number of ether oxygens (including phenoxy) is 1. The van der Waals surface area contributed by atoms with Crippen LogP contribution in [0.3, 0.4) is 0 Å². The van der Waals surface area contributed by atoms with Gasteiger partial charge in [0.05, 0.1) is 19.0 Å². The molecule has 0 unspecified atom stereocenters. The van der Waals surface area contributed by atoms with Gasteiger partial charge >= 0.3 is 0 Å². The highest BCUT2D eigenvalue weighted by atomic mass is 19.1. The average Bonchev–Trinajstić information content (AvgIpc) is 2.83. The molecule has 2 fully saturated rings. The number of hydrogen-bond acceptors (Lipinski definition) is 6. The summed E-state index contributed by atoms with van der Waals surface area (Å²) in [5.74, 6) is -1.44. The second kappa shape index (κ2) is 8.69. The molecule has 0 radical (unpaired) electrons. The van der Waals surface area contributed by atoms with Gasteiger partial charge in [0, 0.05) is 48.7 Å². The van der Waals surface area contributed by atoms with E-state index in [1.807, 2.05) is 13.0 Å². The summed E-state index contributed by atoms with van der Waals surface area (Å²) >= 11 is 0. The van der Waals surface area contributed by atoms with Gasteiger partial charge in [0.15, 0.2) is 0 Å². The summed E-state index contributed by atoms with van der Waals surface area (Å²) in [5, 5.41) is 0. The lowest BCUT2D eigenvalue weighted by molar-refractivity contribution is -0.142. The summed E-state index contributed by atoms with van der Waals surface area (Å²) in [6, 6.07) is 11.6. The molecular weight excluding hydrogens is 449 g/mol. The summed E-state index contributed by atoms with van der Waals surface area (Å²) in [7, 11) is 1.49. The highest BCUT2D eigenvalue weighted by Gasteiger charge is 2.54. The molecular formula is C27H24FN3O4. The normalized spacial score (nSPS) is 17.4. The summed E-state index contributed by atoms with van der Waals surface area (Å²) in [6.45, 7) is 2.54. The lowest BCUT2D eigenvalue weighted by Crippen LogP contribution is -2.62. The van der Waals surface area contributed by atoms with Gasteiger partial charge in [-0.25, -0.2) is 4.39 Å². The number of carbonyl (C=O) groups excluding carboxylic acids is 3. The van der Waals surface area contributed by atoms with Gasteiger partial charge in [-0.1, -0.05) is 6.07 Å². The minimum absolute atomic E-state index is 0.166. The molecule has 1 spiro atoms. The number of carbonyl (C=O) groups is 3. The van der Waals surface area contributed by atoms with Crippen LogP contribution in [0.4, 0.5) is 4.39 Å². The maximum atomic E-state index is 13.3. The predicted octanol–water partition coefficient (Wildman–Crippen LogP) is 3.76. The first-order valence-electron chi connectivity index (χ1n) is 11.4. The van der Waals surface area contributed by atoms with Crippen molar-refractivity contribution < 1.29 is 23.5 Å². The highest BCUT2D eigenvalue weighted by Crippen LogP contribution is 2.47. The lowest BCUT2D eigenvalue weighted by atomic mass is 9.63. The average molecular weight is 474 g/mol. The number of nitrogens with zero attached hydrogens (tertiary/aromatic N) is 3. The van der Waals surface area contributed by atoms with Crippen LogP contribution in [0.25, 0.3) is 11.3 Å². The Balaban J connectivity index is 1.37. The number of rotatable bonds is 4. The van der Waals surface area contributed by atoms with E-state index in [0.29, 0.717) is 41.4 Å². The number of benzene rings is 1. The third kappa shape index (κ3) is 4.09. The van der Waals surface area contributed by atoms with E-state index in [2.05, 4.69) is 9.97 Å². The van der Waals surface area contributed by atoms with Gasteiger partial charge in [-0.2, -0.15) is 0 Å². The number of ketones is 2. The Hall–Kier alpha value is -3.94. The van der Waals surface area contributed by atoms with Gasteiger partial charge in [-0.05, 0) is 48.9 Å². The van der Waals surface area contributed by atoms with Crippen LogP contribution in [-0.2, 0) is 9.59 Å². The van der Waals surface area contributed by atoms with Crippen molar-refractivity contribution in [1.82, 2.24) is 14.9 Å². The SMILES string of the molecule is COc1cc(-c2ccc(F)cn2)cc(C)c1C1C(=O)CC2(CC1=O)CN(C(=O)c1ccccn1)C2. The number of amides is 1. The van der Waals surface area contributed by atoms with Crippen molar-refractivity contribution in [2.75, 3.05) is 20.2 Å². The summed E-state index contributed by atoms with van der Waals surface area (Å²) in [6.07, 6.45) is 3.14. The van der Waals surface area contributed by atoms with Crippen molar-refractivity contribution in [2.24, 2.45) is 5.41 Å². The fraction of sp³-hybridized carbons (Fsp3) is 0.296. The standard InChI is InChI=1S/C27H24FN3O4/c1-16-9-17(19-7-6-18(28)13-30-19)10-23(35-2)24(16)25-21(32)11-27(12-22(25)33)14-31(15-27)26(34)20-5-3-4-8-29-20/h3-10,13,25H,11-12,14-15H2,1-2H3. The zero-order valence-electron chi connectivity index (χ0n) is 19.5. The van der Waals surface area contributed by atoms with E-state index in [9.17, 15) is 18.8 Å². The molecule has 178 valence electrons. The fourth-order valence-electron chi connectivity index (χ4n) is 5.29. The number of halogens is 1. The van der Waals surface area contributed by atoms with Crippen molar-refractivity contribution >= 4 is 17.5 Å². The number of Topliss-reactive ketones (excluding diaryl/α,β-unsaturated/α-hetero) is 2. The van der Waals surface area contributed by atoms with E-state index < -0.39 is 17.2 Å². The molecule has 3 heterocycles. The molecule has 0 atom stereocenters. The minimum Gasteiger partial charge on any atom is -0.496 e. The zero-order valence-corrected chi connectivity index (χ0v) is 19.5. The van der Waals surface area contributed by atoms with Gasteiger partial charge in [-0.3, -0.25) is 24.4 Å². The van der Waals surface area contributed by atoms with Crippen molar-refractivity contribution in [1.29, 1.82) is 0 Å². The third-order valence-corrected chi connectivity index (χ3v) is 6.85. The molecule has 0 bridgehead atoms. The van der Waals surface area contributed by atoms with E-state index >= 15 is 0 Å². The van der Waals surface area contributed by atoms with E-state index in [1.54, 1.807) is 41.4 Å². The van der Waals surface area contributed by atoms with Gasteiger partial charge in [0.1, 0.15) is 34.7 Å². The topological polar surface area (TPSA) is 89.5 Å². The van der Waals surface area contributed by atoms with Gasteiger partial charge in [0.2, 0.25) is 0 Å². The molecule has 1 amide bonds. The molecule has 1 saturated heterocycles. The van der Waals surface area contributed by atoms with Gasteiger partial charge in [0.25, 0.3) is 5.91 Å². The summed E-state index contributed by atoms with van der Waals surface area (Å²) in [5.41, 5.74) is 2.39. The molecule has 1 aromatic carbocycles. The van der Waals surface area contributed by atoms with Crippen molar-refractivity contribution in [2.45, 2.75) is 25.7 Å². The Bertz CT molecular complexity index is 1300. The van der Waals surface area contributed by atoms with Crippen molar-refractivity contribution in [3.63, 3.8) is 0 Å². The predicted molar refractivity (Wildman–Crippen MR) is 125 cm³/mol. The molecule has 2 aliphatic rings. The summed E-state index contributed by atoms with van der Waals surface area (Å²) < 4.78 is 18.9.